The highest BCUT2D eigenvalue weighted by Gasteiger charge is 2.48. The van der Waals surface area contributed by atoms with Gasteiger partial charge in [0.05, 0.1) is 14.1 Å². The summed E-state index contributed by atoms with van der Waals surface area (Å²) in [5.41, 5.74) is 22.4. The Balaban J connectivity index is 1.33. The number of fused-ring (bicyclic) bond motifs is 7. The average Bonchev–Trinajstić information content (AvgIpc) is 3.15. The van der Waals surface area contributed by atoms with E-state index >= 15 is 0 Å². The highest BCUT2D eigenvalue weighted by molar-refractivity contribution is 7.01. The molecular weight excluding hydrogens is 667 g/mol. The van der Waals surface area contributed by atoms with Crippen LogP contribution in [0.2, 0.25) is 19.6 Å². The molecule has 1 atom stereocenters. The van der Waals surface area contributed by atoms with E-state index < -0.39 is 8.07 Å². The van der Waals surface area contributed by atoms with Crippen LogP contribution in [-0.2, 0) is 30.1 Å². The third-order valence-electron chi connectivity index (χ3n) is 14.3. The van der Waals surface area contributed by atoms with Crippen LogP contribution < -0.4 is 31.4 Å². The average molecular weight is 725 g/mol. The van der Waals surface area contributed by atoms with Gasteiger partial charge in [-0.05, 0) is 161 Å². The lowest BCUT2D eigenvalue weighted by atomic mass is 9.33. The van der Waals surface area contributed by atoms with E-state index in [0.29, 0.717) is 6.04 Å². The maximum absolute atomic E-state index is 2.82. The number of aryl methyl sites for hydroxylation is 3. The van der Waals surface area contributed by atoms with E-state index in [1.807, 2.05) is 0 Å². The van der Waals surface area contributed by atoms with Gasteiger partial charge in [0.15, 0.2) is 0 Å². The van der Waals surface area contributed by atoms with Gasteiger partial charge >= 0.3 is 0 Å². The second-order valence-electron chi connectivity index (χ2n) is 19.8. The molecule has 2 aliphatic heterocycles. The number of anilines is 5. The largest absolute Gasteiger partial charge is 0.335 e. The molecule has 54 heavy (non-hydrogen) atoms. The predicted octanol–water partition coefficient (Wildman–Crippen LogP) is 10.6. The lowest BCUT2D eigenvalue weighted by Crippen LogP contribution is -2.63. The van der Waals surface area contributed by atoms with Crippen LogP contribution in [0.4, 0.5) is 28.4 Å². The number of nitrogens with zero attached hydrogens (tertiary/aromatic N) is 2. The van der Waals surface area contributed by atoms with Gasteiger partial charge in [-0.25, -0.2) is 0 Å². The molecule has 4 heteroatoms. The summed E-state index contributed by atoms with van der Waals surface area (Å²) in [6.45, 7) is 20.1. The number of hydrogen-bond acceptors (Lipinski definition) is 2. The van der Waals surface area contributed by atoms with Crippen LogP contribution in [0.5, 0.6) is 0 Å². The Morgan fingerprint density at radius 2 is 1.31 bits per heavy atom. The monoisotopic (exact) mass is 724 g/mol. The smallest absolute Gasteiger partial charge is 0.252 e. The van der Waals surface area contributed by atoms with Crippen molar-refractivity contribution in [2.75, 3.05) is 9.80 Å². The van der Waals surface area contributed by atoms with E-state index in [-0.39, 0.29) is 17.5 Å². The van der Waals surface area contributed by atoms with Gasteiger partial charge in [0, 0.05) is 28.4 Å². The first-order chi connectivity index (χ1) is 25.8. The predicted molar refractivity (Wildman–Crippen MR) is 236 cm³/mol. The molecule has 5 aliphatic rings. The van der Waals surface area contributed by atoms with Crippen LogP contribution in [0.25, 0.3) is 0 Å². The van der Waals surface area contributed by atoms with Crippen molar-refractivity contribution >= 4 is 64.8 Å². The minimum Gasteiger partial charge on any atom is -0.335 e. The van der Waals surface area contributed by atoms with Gasteiger partial charge in [-0.15, -0.1) is 0 Å². The standard InChI is InChI=1S/C50H57BN2Si/c1-32-27-46-48-47(28-32)53(43-22-14-18-34-16-10-12-20-37(34)43)45-31-39-38(49(2,3)25-26-50(39,4)5)30-41(45)51(48)40-29-35(54(6,7)8)23-24-44(40)52(46)42-21-13-17-33-15-9-11-19-36(33)42/h9,11,14-15,18-19,22-24,27-31,42H,10,12-13,16-17,20-21,25-26H2,1-8H3. The zero-order valence-corrected chi connectivity index (χ0v) is 35.0. The Morgan fingerprint density at radius 3 is 2.11 bits per heavy atom. The van der Waals surface area contributed by atoms with Gasteiger partial charge in [0.2, 0.25) is 0 Å². The summed E-state index contributed by atoms with van der Waals surface area (Å²) in [7, 11) is -1.62. The van der Waals surface area contributed by atoms with Crippen molar-refractivity contribution in [3.8, 4) is 0 Å². The van der Waals surface area contributed by atoms with Crippen molar-refractivity contribution < 1.29 is 0 Å². The molecule has 10 rings (SSSR count). The van der Waals surface area contributed by atoms with Crippen LogP contribution in [-0.4, -0.2) is 14.8 Å². The molecule has 0 saturated heterocycles. The second kappa shape index (κ2) is 12.0. The lowest BCUT2D eigenvalue weighted by Gasteiger charge is -2.49. The molecule has 274 valence electrons. The fraction of sp³-hybridized carbons (Fsp3) is 0.400. The van der Waals surface area contributed by atoms with Gasteiger partial charge in [0.25, 0.3) is 6.71 Å². The lowest BCUT2D eigenvalue weighted by molar-refractivity contribution is 0.332. The molecule has 0 radical (unpaired) electrons. The summed E-state index contributed by atoms with van der Waals surface area (Å²) in [5.74, 6) is 0. The Bertz CT molecular complexity index is 2360. The molecule has 3 aliphatic carbocycles. The van der Waals surface area contributed by atoms with Gasteiger partial charge < -0.3 is 9.80 Å². The summed E-state index contributed by atoms with van der Waals surface area (Å²) in [6, 6.07) is 35.1. The third kappa shape index (κ3) is 5.11. The molecule has 5 aromatic rings. The molecule has 2 nitrogen and oxygen atoms in total. The van der Waals surface area contributed by atoms with Crippen molar-refractivity contribution in [3.63, 3.8) is 0 Å². The topological polar surface area (TPSA) is 6.48 Å². The molecule has 0 fully saturated rings. The quantitative estimate of drug-likeness (QED) is 0.168. The van der Waals surface area contributed by atoms with Gasteiger partial charge in [-0.2, -0.15) is 0 Å². The van der Waals surface area contributed by atoms with Gasteiger partial charge in [-0.1, -0.05) is 107 Å². The van der Waals surface area contributed by atoms with Crippen LogP contribution in [0.3, 0.4) is 0 Å². The fourth-order valence-corrected chi connectivity index (χ4v) is 12.4. The summed E-state index contributed by atoms with van der Waals surface area (Å²) in [4.78, 5) is 5.58. The van der Waals surface area contributed by atoms with Crippen LogP contribution in [0.1, 0.15) is 111 Å². The summed E-state index contributed by atoms with van der Waals surface area (Å²) < 4.78 is 0. The van der Waals surface area contributed by atoms with Crippen molar-refractivity contribution in [2.45, 2.75) is 129 Å². The Hall–Kier alpha value is -4.02. The summed E-state index contributed by atoms with van der Waals surface area (Å²) in [6.07, 6.45) is 10.9. The van der Waals surface area contributed by atoms with Crippen molar-refractivity contribution in [1.29, 1.82) is 0 Å². The van der Waals surface area contributed by atoms with E-state index in [2.05, 4.69) is 149 Å². The van der Waals surface area contributed by atoms with Crippen LogP contribution in [0, 0.1) is 6.92 Å². The highest BCUT2D eigenvalue weighted by Crippen LogP contribution is 2.52. The van der Waals surface area contributed by atoms with Crippen LogP contribution >= 0.6 is 0 Å². The first-order valence-corrected chi connectivity index (χ1v) is 24.6. The summed E-state index contributed by atoms with van der Waals surface area (Å²) in [5, 5.41) is 1.56. The molecule has 2 heterocycles. The second-order valence-corrected chi connectivity index (χ2v) is 24.9. The molecule has 0 saturated carbocycles. The SMILES string of the molecule is Cc1cc2c3c(c1)N(C1CCCc4ccccc41)c1ccc([Si](C)(C)C)cc1B3c1cc3c(cc1N2c1cccc2c1CCCC2)C(C)(C)CCC3(C)C. The Morgan fingerprint density at radius 1 is 0.630 bits per heavy atom. The van der Waals surface area contributed by atoms with Crippen molar-refractivity contribution in [1.82, 2.24) is 0 Å². The van der Waals surface area contributed by atoms with E-state index in [0.717, 1.165) is 6.42 Å². The minimum atomic E-state index is -1.62. The zero-order chi connectivity index (χ0) is 37.3. The maximum Gasteiger partial charge on any atom is 0.252 e. The molecule has 0 amide bonds. The minimum absolute atomic E-state index is 0.125. The summed E-state index contributed by atoms with van der Waals surface area (Å²) >= 11 is 0. The molecular formula is C50H57BN2Si. The van der Waals surface area contributed by atoms with Crippen molar-refractivity contribution in [2.24, 2.45) is 0 Å². The molecule has 0 bridgehead atoms. The van der Waals surface area contributed by atoms with Gasteiger partial charge in [0.1, 0.15) is 0 Å². The molecule has 0 N–H and O–H groups in total. The number of hydrogen-bond donors (Lipinski definition) is 0. The first kappa shape index (κ1) is 34.5. The molecule has 1 unspecified atom stereocenters. The molecule has 0 aromatic heterocycles. The Kier molecular flexibility index (Phi) is 7.65. The van der Waals surface area contributed by atoms with E-state index in [4.69, 9.17) is 0 Å². The first-order valence-electron chi connectivity index (χ1n) is 21.1. The maximum atomic E-state index is 2.82. The van der Waals surface area contributed by atoms with Gasteiger partial charge in [-0.3, -0.25) is 0 Å². The zero-order valence-electron chi connectivity index (χ0n) is 34.0. The van der Waals surface area contributed by atoms with Crippen LogP contribution in [0.15, 0.2) is 84.9 Å². The fourth-order valence-electron chi connectivity index (χ4n) is 11.3. The Labute approximate surface area is 326 Å². The molecule has 5 aromatic carbocycles. The highest BCUT2D eigenvalue weighted by atomic mass is 28.3. The van der Waals surface area contributed by atoms with Crippen molar-refractivity contribution in [3.05, 3.63) is 124 Å². The van der Waals surface area contributed by atoms with E-state index in [9.17, 15) is 0 Å². The third-order valence-corrected chi connectivity index (χ3v) is 16.4. The van der Waals surface area contributed by atoms with E-state index in [1.54, 1.807) is 27.4 Å². The number of rotatable bonds is 3. The normalized spacial score (nSPS) is 20.3. The van der Waals surface area contributed by atoms with E-state index in [1.165, 1.54) is 113 Å². The molecule has 0 spiro atoms. The number of benzene rings is 5.